The van der Waals surface area contributed by atoms with E-state index in [1.807, 2.05) is 19.9 Å². The summed E-state index contributed by atoms with van der Waals surface area (Å²) in [6.45, 7) is 3.81. The van der Waals surface area contributed by atoms with E-state index in [0.717, 1.165) is 5.57 Å². The number of esters is 2. The molecule has 0 saturated carbocycles. The van der Waals surface area contributed by atoms with Gasteiger partial charge in [-0.1, -0.05) is 11.6 Å². The van der Waals surface area contributed by atoms with Crippen LogP contribution in [-0.2, 0) is 19.1 Å². The summed E-state index contributed by atoms with van der Waals surface area (Å²) in [5.74, 6) is 1.35. The second kappa shape index (κ2) is 8.36. The zero-order valence-corrected chi connectivity index (χ0v) is 12.1. The third kappa shape index (κ3) is 4.78. The van der Waals surface area contributed by atoms with Gasteiger partial charge in [-0.25, -0.2) is 0 Å². The summed E-state index contributed by atoms with van der Waals surface area (Å²) >= 11 is 0. The van der Waals surface area contributed by atoms with Crippen molar-refractivity contribution in [3.63, 3.8) is 0 Å². The molecule has 0 heterocycles. The Bertz CT molecular complexity index is 367. The number of methoxy groups -OCH3 is 2. The summed E-state index contributed by atoms with van der Waals surface area (Å²) in [4.78, 5) is 24.1. The van der Waals surface area contributed by atoms with E-state index in [0.29, 0.717) is 19.3 Å². The van der Waals surface area contributed by atoms with Crippen LogP contribution in [-0.4, -0.2) is 26.2 Å². The molecule has 0 aliphatic rings. The summed E-state index contributed by atoms with van der Waals surface area (Å²) in [6, 6.07) is 0. The maximum absolute atomic E-state index is 12.0. The van der Waals surface area contributed by atoms with Gasteiger partial charge in [0.2, 0.25) is 0 Å². The van der Waals surface area contributed by atoms with Crippen molar-refractivity contribution in [1.82, 2.24) is 0 Å². The Balaban J connectivity index is 5.32. The maximum atomic E-state index is 12.0. The Morgan fingerprint density at radius 2 is 1.74 bits per heavy atom. The van der Waals surface area contributed by atoms with Gasteiger partial charge in [0.05, 0.1) is 14.2 Å². The number of allylic oxidation sites excluding steroid dienone is 2. The van der Waals surface area contributed by atoms with Gasteiger partial charge >= 0.3 is 11.9 Å². The van der Waals surface area contributed by atoms with Crippen LogP contribution in [0.4, 0.5) is 0 Å². The third-order valence-corrected chi connectivity index (χ3v) is 2.94. The number of unbranched alkanes of at least 4 members (excludes halogenated alkanes) is 1. The van der Waals surface area contributed by atoms with Crippen LogP contribution in [0.15, 0.2) is 11.6 Å². The first-order valence-corrected chi connectivity index (χ1v) is 6.18. The van der Waals surface area contributed by atoms with Crippen LogP contribution in [0, 0.1) is 17.8 Å². The van der Waals surface area contributed by atoms with Crippen molar-refractivity contribution in [2.24, 2.45) is 5.41 Å². The largest absolute Gasteiger partial charge is 0.468 e. The molecule has 0 bridgehead atoms. The maximum Gasteiger partial charge on any atom is 0.323 e. The first-order valence-electron chi connectivity index (χ1n) is 6.18. The van der Waals surface area contributed by atoms with E-state index in [-0.39, 0.29) is 6.42 Å². The second-order valence-corrected chi connectivity index (χ2v) is 4.61. The average molecular weight is 266 g/mol. The highest BCUT2D eigenvalue weighted by Gasteiger charge is 2.46. The molecule has 0 aromatic heterocycles. The molecule has 0 atom stereocenters. The minimum absolute atomic E-state index is 0.263. The van der Waals surface area contributed by atoms with Crippen molar-refractivity contribution >= 4 is 11.9 Å². The molecular formula is C15H22O4. The van der Waals surface area contributed by atoms with E-state index in [4.69, 9.17) is 15.9 Å². The van der Waals surface area contributed by atoms with E-state index in [9.17, 15) is 9.59 Å². The van der Waals surface area contributed by atoms with Crippen molar-refractivity contribution < 1.29 is 19.1 Å². The number of carbonyl (C=O) groups excluding carboxylic acids is 2. The minimum atomic E-state index is -1.29. The molecule has 0 aromatic rings. The van der Waals surface area contributed by atoms with Gasteiger partial charge in [0.25, 0.3) is 0 Å². The highest BCUT2D eigenvalue weighted by Crippen LogP contribution is 2.33. The lowest BCUT2D eigenvalue weighted by atomic mass is 9.79. The average Bonchev–Trinajstić information content (AvgIpc) is 2.40. The predicted molar refractivity (Wildman–Crippen MR) is 73.2 cm³/mol. The molecule has 0 saturated heterocycles. The van der Waals surface area contributed by atoms with Gasteiger partial charge < -0.3 is 9.47 Å². The molecule has 0 spiro atoms. The Labute approximate surface area is 115 Å². The number of hydrogen-bond donors (Lipinski definition) is 0. The highest BCUT2D eigenvalue weighted by molar-refractivity contribution is 6.00. The molecule has 0 rings (SSSR count). The van der Waals surface area contributed by atoms with E-state index in [1.54, 1.807) is 0 Å². The van der Waals surface area contributed by atoms with Crippen molar-refractivity contribution in [2.75, 3.05) is 14.2 Å². The topological polar surface area (TPSA) is 52.6 Å². The summed E-state index contributed by atoms with van der Waals surface area (Å²) in [6.07, 6.45) is 8.69. The standard InChI is InChI=1S/C15H22O4/c1-6-7-8-10-15(13(16)18-4,14(17)19-5)11-9-12(2)3/h1,9H,7-8,10-11H2,2-5H3. The Hall–Kier alpha value is -1.76. The van der Waals surface area contributed by atoms with Crippen molar-refractivity contribution in [1.29, 1.82) is 0 Å². The fourth-order valence-electron chi connectivity index (χ4n) is 1.82. The smallest absolute Gasteiger partial charge is 0.323 e. The quantitative estimate of drug-likeness (QED) is 0.233. The molecule has 0 fully saturated rings. The van der Waals surface area contributed by atoms with Crippen molar-refractivity contribution in [2.45, 2.75) is 39.5 Å². The number of ether oxygens (including phenoxy) is 2. The van der Waals surface area contributed by atoms with E-state index < -0.39 is 17.4 Å². The number of hydrogen-bond acceptors (Lipinski definition) is 4. The molecule has 0 N–H and O–H groups in total. The molecule has 0 amide bonds. The van der Waals surface area contributed by atoms with Gasteiger partial charge in [0.15, 0.2) is 5.41 Å². The van der Waals surface area contributed by atoms with E-state index in [2.05, 4.69) is 5.92 Å². The van der Waals surface area contributed by atoms with Crippen LogP contribution >= 0.6 is 0 Å². The molecule has 19 heavy (non-hydrogen) atoms. The third-order valence-electron chi connectivity index (χ3n) is 2.94. The summed E-state index contributed by atoms with van der Waals surface area (Å²) in [5.41, 5.74) is -0.272. The van der Waals surface area contributed by atoms with E-state index >= 15 is 0 Å². The molecule has 0 aromatic carbocycles. The Morgan fingerprint density at radius 3 is 2.11 bits per heavy atom. The fraction of sp³-hybridized carbons (Fsp3) is 0.600. The number of carbonyl (C=O) groups is 2. The molecule has 0 aliphatic carbocycles. The van der Waals surface area contributed by atoms with Gasteiger partial charge in [-0.05, 0) is 33.1 Å². The number of terminal acetylenes is 1. The van der Waals surface area contributed by atoms with Crippen LogP contribution in [0.2, 0.25) is 0 Å². The Morgan fingerprint density at radius 1 is 1.21 bits per heavy atom. The normalized spacial score (nSPS) is 10.3. The second-order valence-electron chi connectivity index (χ2n) is 4.61. The van der Waals surface area contributed by atoms with Crippen molar-refractivity contribution in [3.8, 4) is 12.3 Å². The number of rotatable bonds is 7. The van der Waals surface area contributed by atoms with Crippen LogP contribution in [0.3, 0.4) is 0 Å². The highest BCUT2D eigenvalue weighted by atomic mass is 16.5. The van der Waals surface area contributed by atoms with Gasteiger partial charge in [-0.15, -0.1) is 12.3 Å². The lowest BCUT2D eigenvalue weighted by Gasteiger charge is -2.27. The minimum Gasteiger partial charge on any atom is -0.468 e. The molecule has 106 valence electrons. The molecule has 0 aliphatic heterocycles. The first-order chi connectivity index (χ1) is 8.94. The molecule has 4 heteroatoms. The first kappa shape index (κ1) is 17.2. The summed E-state index contributed by atoms with van der Waals surface area (Å²) in [7, 11) is 2.54. The summed E-state index contributed by atoms with van der Waals surface area (Å²) in [5, 5.41) is 0. The molecule has 4 nitrogen and oxygen atoms in total. The van der Waals surface area contributed by atoms with Crippen LogP contribution in [0.1, 0.15) is 39.5 Å². The zero-order valence-electron chi connectivity index (χ0n) is 12.1. The van der Waals surface area contributed by atoms with Gasteiger partial charge in [-0.2, -0.15) is 0 Å². The monoisotopic (exact) mass is 266 g/mol. The summed E-state index contributed by atoms with van der Waals surface area (Å²) < 4.78 is 9.56. The van der Waals surface area contributed by atoms with E-state index in [1.165, 1.54) is 14.2 Å². The lowest BCUT2D eigenvalue weighted by molar-refractivity contribution is -0.169. The van der Waals surface area contributed by atoms with Crippen LogP contribution in [0.5, 0.6) is 0 Å². The lowest BCUT2D eigenvalue weighted by Crippen LogP contribution is -2.41. The molecular weight excluding hydrogens is 244 g/mol. The predicted octanol–water partition coefficient (Wildman–Crippen LogP) is 2.48. The van der Waals surface area contributed by atoms with Crippen LogP contribution in [0.25, 0.3) is 0 Å². The fourth-order valence-corrected chi connectivity index (χ4v) is 1.82. The zero-order chi connectivity index (χ0) is 14.9. The molecule has 0 unspecified atom stereocenters. The molecule has 0 radical (unpaired) electrons. The SMILES string of the molecule is C#CCCCC(CC=C(C)C)(C(=O)OC)C(=O)OC. The van der Waals surface area contributed by atoms with Crippen LogP contribution < -0.4 is 0 Å². The van der Waals surface area contributed by atoms with Crippen molar-refractivity contribution in [3.05, 3.63) is 11.6 Å². The Kier molecular flexibility index (Phi) is 7.59. The van der Waals surface area contributed by atoms with Gasteiger partial charge in [0.1, 0.15) is 0 Å². The van der Waals surface area contributed by atoms with Gasteiger partial charge in [0, 0.05) is 6.42 Å². The van der Waals surface area contributed by atoms with Gasteiger partial charge in [-0.3, -0.25) is 9.59 Å².